The van der Waals surface area contributed by atoms with Gasteiger partial charge in [0.2, 0.25) is 5.91 Å². The molecular formula is C32H32FN3O4. The van der Waals surface area contributed by atoms with Crippen LogP contribution in [0.15, 0.2) is 91.0 Å². The predicted molar refractivity (Wildman–Crippen MR) is 150 cm³/mol. The van der Waals surface area contributed by atoms with E-state index in [-0.39, 0.29) is 24.5 Å². The minimum atomic E-state index is -1.01. The molecule has 0 aliphatic carbocycles. The summed E-state index contributed by atoms with van der Waals surface area (Å²) in [5.41, 5.74) is 3.37. The van der Waals surface area contributed by atoms with E-state index in [1.807, 2.05) is 60.7 Å². The molecule has 7 nitrogen and oxygen atoms in total. The highest BCUT2D eigenvalue weighted by molar-refractivity contribution is 5.97. The van der Waals surface area contributed by atoms with Crippen molar-refractivity contribution in [2.75, 3.05) is 20.3 Å². The second kappa shape index (κ2) is 12.6. The monoisotopic (exact) mass is 541 g/mol. The average molecular weight is 542 g/mol. The van der Waals surface area contributed by atoms with Crippen LogP contribution in [0.4, 0.5) is 4.39 Å². The zero-order valence-electron chi connectivity index (χ0n) is 22.3. The van der Waals surface area contributed by atoms with Crippen molar-refractivity contribution in [1.29, 1.82) is 0 Å². The lowest BCUT2D eigenvalue weighted by atomic mass is 10.0. The number of nitrogens with zero attached hydrogens (tertiary/aromatic N) is 1. The number of carbonyl (C=O) groups is 2. The highest BCUT2D eigenvalue weighted by atomic mass is 19.1. The molecule has 0 bridgehead atoms. The fraction of sp³-hybridized carbons (Fsp3) is 0.250. The molecule has 1 saturated heterocycles. The number of H-pyrrole nitrogens is 1. The number of aromatic nitrogens is 1. The average Bonchev–Trinajstić information content (AvgIpc) is 3.70. The van der Waals surface area contributed by atoms with Gasteiger partial charge in [0.15, 0.2) is 0 Å². The number of hydrogen-bond acceptors (Lipinski definition) is 4. The van der Waals surface area contributed by atoms with Gasteiger partial charge in [0, 0.05) is 25.4 Å². The number of methoxy groups -OCH3 is 1. The van der Waals surface area contributed by atoms with Crippen LogP contribution >= 0.6 is 0 Å². The predicted octanol–water partition coefficient (Wildman–Crippen LogP) is 5.51. The van der Waals surface area contributed by atoms with Crippen molar-refractivity contribution in [1.82, 2.24) is 15.2 Å². The first-order valence-corrected chi connectivity index (χ1v) is 13.3. The minimum Gasteiger partial charge on any atom is -0.497 e. The van der Waals surface area contributed by atoms with E-state index in [1.165, 1.54) is 17.0 Å². The van der Waals surface area contributed by atoms with Gasteiger partial charge < -0.3 is 24.7 Å². The van der Waals surface area contributed by atoms with Crippen LogP contribution in [0.3, 0.4) is 0 Å². The molecule has 0 radical (unpaired) electrons. The Morgan fingerprint density at radius 2 is 1.77 bits per heavy atom. The molecule has 1 fully saturated rings. The van der Waals surface area contributed by atoms with E-state index in [4.69, 9.17) is 9.47 Å². The van der Waals surface area contributed by atoms with Gasteiger partial charge in [-0.25, -0.2) is 4.39 Å². The second-order valence-electron chi connectivity index (χ2n) is 9.77. The molecule has 1 aliphatic rings. The molecule has 1 aliphatic heterocycles. The summed E-state index contributed by atoms with van der Waals surface area (Å²) in [5.74, 6) is -0.464. The number of amides is 2. The van der Waals surface area contributed by atoms with Gasteiger partial charge in [-0.05, 0) is 65.9 Å². The molecular weight excluding hydrogens is 509 g/mol. The van der Waals surface area contributed by atoms with Crippen LogP contribution in [0.2, 0.25) is 0 Å². The molecule has 2 N–H and O–H groups in total. The van der Waals surface area contributed by atoms with Gasteiger partial charge in [0.1, 0.15) is 23.3 Å². The van der Waals surface area contributed by atoms with E-state index >= 15 is 0 Å². The van der Waals surface area contributed by atoms with Gasteiger partial charge >= 0.3 is 0 Å². The number of aromatic amines is 1. The topological polar surface area (TPSA) is 83.7 Å². The maximum atomic E-state index is 14.2. The summed E-state index contributed by atoms with van der Waals surface area (Å²) in [6.07, 6.45) is 1.74. The number of nitrogens with one attached hydrogen (secondary N) is 2. The lowest BCUT2D eigenvalue weighted by Gasteiger charge is -2.31. The van der Waals surface area contributed by atoms with E-state index in [1.54, 1.807) is 25.3 Å². The van der Waals surface area contributed by atoms with Crippen molar-refractivity contribution < 1.29 is 23.5 Å². The summed E-state index contributed by atoms with van der Waals surface area (Å²) >= 11 is 0. The number of ether oxygens (including phenoxy) is 2. The van der Waals surface area contributed by atoms with Gasteiger partial charge in [-0.2, -0.15) is 0 Å². The highest BCUT2D eigenvalue weighted by Gasteiger charge is 2.33. The largest absolute Gasteiger partial charge is 0.497 e. The smallest absolute Gasteiger partial charge is 0.271 e. The summed E-state index contributed by atoms with van der Waals surface area (Å²) in [7, 11) is 1.59. The Labute approximate surface area is 232 Å². The maximum Gasteiger partial charge on any atom is 0.271 e. The number of rotatable bonds is 10. The Bertz CT molecular complexity index is 1410. The molecule has 8 heteroatoms. The van der Waals surface area contributed by atoms with Gasteiger partial charge in [-0.3, -0.25) is 9.59 Å². The van der Waals surface area contributed by atoms with Crippen LogP contribution in [0.5, 0.6) is 5.75 Å². The van der Waals surface area contributed by atoms with Gasteiger partial charge in [0.05, 0.1) is 13.2 Å². The minimum absolute atomic E-state index is 0.0691. The third-order valence-corrected chi connectivity index (χ3v) is 7.05. The Kier molecular flexibility index (Phi) is 8.56. The van der Waals surface area contributed by atoms with E-state index in [0.29, 0.717) is 30.2 Å². The number of halogens is 1. The van der Waals surface area contributed by atoms with Crippen LogP contribution in [0.1, 0.15) is 40.5 Å². The molecule has 4 aromatic rings. The first-order valence-electron chi connectivity index (χ1n) is 13.3. The van der Waals surface area contributed by atoms with Gasteiger partial charge in [0.25, 0.3) is 5.91 Å². The summed E-state index contributed by atoms with van der Waals surface area (Å²) in [6, 6.07) is 25.3. The molecule has 0 unspecified atom stereocenters. The molecule has 5 rings (SSSR count). The number of benzene rings is 3. The fourth-order valence-corrected chi connectivity index (χ4v) is 4.90. The van der Waals surface area contributed by atoms with E-state index in [9.17, 15) is 14.0 Å². The van der Waals surface area contributed by atoms with Crippen molar-refractivity contribution in [3.63, 3.8) is 0 Å². The molecule has 0 spiro atoms. The van der Waals surface area contributed by atoms with Crippen molar-refractivity contribution in [3.8, 4) is 17.0 Å². The Morgan fingerprint density at radius 3 is 2.45 bits per heavy atom. The zero-order chi connectivity index (χ0) is 27.9. The summed E-state index contributed by atoms with van der Waals surface area (Å²) in [6.45, 7) is 1.14. The van der Waals surface area contributed by atoms with Crippen molar-refractivity contribution in [2.24, 2.45) is 0 Å². The van der Waals surface area contributed by atoms with Crippen molar-refractivity contribution in [2.45, 2.75) is 31.5 Å². The molecule has 206 valence electrons. The van der Waals surface area contributed by atoms with Crippen LogP contribution in [0, 0.1) is 5.82 Å². The highest BCUT2D eigenvalue weighted by Crippen LogP contribution is 2.28. The van der Waals surface area contributed by atoms with Crippen molar-refractivity contribution in [3.05, 3.63) is 114 Å². The lowest BCUT2D eigenvalue weighted by Crippen LogP contribution is -2.45. The zero-order valence-corrected chi connectivity index (χ0v) is 22.3. The molecule has 1 aromatic heterocycles. The molecule has 2 atom stereocenters. The first kappa shape index (κ1) is 27.1. The lowest BCUT2D eigenvalue weighted by molar-refractivity contribution is -0.126. The van der Waals surface area contributed by atoms with Crippen LogP contribution < -0.4 is 10.1 Å². The standard InChI is InChI=1S/C32H32FN3O4/c1-39-26-15-9-22(10-16-26)21-36(32(38)29-18-17-28(35-29)23-6-3-2-4-7-23)30(24-11-13-25(33)14-12-24)31(37)34-20-27-8-5-19-40-27/h2-4,6-7,9-18,27,30,35H,5,8,19-21H2,1H3,(H,34,37)/t27-,30+/m1/s1. The third-order valence-electron chi connectivity index (χ3n) is 7.05. The molecule has 3 aromatic carbocycles. The fourth-order valence-electron chi connectivity index (χ4n) is 4.90. The van der Waals surface area contributed by atoms with Gasteiger partial charge in [-0.15, -0.1) is 0 Å². The van der Waals surface area contributed by atoms with Crippen molar-refractivity contribution >= 4 is 11.8 Å². The summed E-state index contributed by atoms with van der Waals surface area (Å²) < 4.78 is 24.9. The number of carbonyl (C=O) groups excluding carboxylic acids is 2. The first-order chi connectivity index (χ1) is 19.5. The van der Waals surface area contributed by atoms with Gasteiger partial charge in [-0.1, -0.05) is 54.6 Å². The quantitative estimate of drug-likeness (QED) is 0.277. The molecule has 2 heterocycles. The van der Waals surface area contributed by atoms with E-state index in [2.05, 4.69) is 10.3 Å². The third kappa shape index (κ3) is 6.40. The maximum absolute atomic E-state index is 14.2. The normalized spacial score (nSPS) is 15.4. The Balaban J connectivity index is 1.51. The van der Waals surface area contributed by atoms with Crippen LogP contribution in [-0.2, 0) is 16.1 Å². The summed E-state index contributed by atoms with van der Waals surface area (Å²) in [5, 5.41) is 2.98. The van der Waals surface area contributed by atoms with E-state index in [0.717, 1.165) is 29.7 Å². The molecule has 0 saturated carbocycles. The van der Waals surface area contributed by atoms with Crippen LogP contribution in [-0.4, -0.2) is 48.1 Å². The van der Waals surface area contributed by atoms with Crippen LogP contribution in [0.25, 0.3) is 11.3 Å². The SMILES string of the molecule is COc1ccc(CN(C(=O)c2ccc(-c3ccccc3)[nH]2)[C@H](C(=O)NC[C@H]2CCCO2)c2ccc(F)cc2)cc1. The number of hydrogen-bond donors (Lipinski definition) is 2. The van der Waals surface area contributed by atoms with E-state index < -0.39 is 11.9 Å². The second-order valence-corrected chi connectivity index (χ2v) is 9.77. The molecule has 40 heavy (non-hydrogen) atoms. The Hall–Kier alpha value is -4.43. The summed E-state index contributed by atoms with van der Waals surface area (Å²) in [4.78, 5) is 32.7. The molecule has 2 amide bonds. The Morgan fingerprint density at radius 1 is 1.02 bits per heavy atom.